The highest BCUT2D eigenvalue weighted by atomic mass is 32.2. The van der Waals surface area contributed by atoms with Crippen molar-refractivity contribution in [1.82, 2.24) is 20.2 Å². The molecule has 2 aromatic carbocycles. The monoisotopic (exact) mass is 411 g/mol. The van der Waals surface area contributed by atoms with Crippen molar-refractivity contribution in [1.29, 1.82) is 0 Å². The summed E-state index contributed by atoms with van der Waals surface area (Å²) in [5.74, 6) is 7.44. The van der Waals surface area contributed by atoms with Gasteiger partial charge in [0.15, 0.2) is 5.82 Å². The van der Waals surface area contributed by atoms with Gasteiger partial charge in [-0.1, -0.05) is 59.8 Å². The third kappa shape index (κ3) is 5.51. The first-order chi connectivity index (χ1) is 13.9. The Morgan fingerprint density at radius 1 is 1.21 bits per heavy atom. The van der Waals surface area contributed by atoms with Crippen LogP contribution in [0.4, 0.5) is 0 Å². The van der Waals surface area contributed by atoms with E-state index in [1.807, 2.05) is 63.2 Å². The van der Waals surface area contributed by atoms with Crippen LogP contribution in [0.1, 0.15) is 35.5 Å². The molecule has 0 radical (unpaired) electrons. The molecule has 0 saturated heterocycles. The van der Waals surface area contributed by atoms with Gasteiger partial charge in [-0.3, -0.25) is 4.79 Å². The van der Waals surface area contributed by atoms with E-state index >= 15 is 0 Å². The minimum atomic E-state index is -0.0950. The number of nitrogens with zero attached hydrogens (tertiary/aromatic N) is 3. The van der Waals surface area contributed by atoms with Crippen molar-refractivity contribution in [2.75, 3.05) is 11.6 Å². The van der Waals surface area contributed by atoms with Crippen molar-refractivity contribution in [2.45, 2.75) is 38.6 Å². The minimum Gasteiger partial charge on any atom is -0.485 e. The number of hydrogen-bond donors (Lipinski definition) is 2. The van der Waals surface area contributed by atoms with Crippen LogP contribution >= 0.6 is 11.8 Å². The van der Waals surface area contributed by atoms with Crippen LogP contribution in [0.3, 0.4) is 0 Å². The largest absolute Gasteiger partial charge is 0.485 e. The zero-order chi connectivity index (χ0) is 20.8. The Bertz CT molecular complexity index is 974. The van der Waals surface area contributed by atoms with E-state index in [1.165, 1.54) is 22.0 Å². The lowest BCUT2D eigenvalue weighted by atomic mass is 10.1. The molecule has 0 spiro atoms. The maximum Gasteiger partial charge on any atom is 0.230 e. The molecule has 3 rings (SSSR count). The quantitative estimate of drug-likeness (QED) is 0.437. The first-order valence-corrected chi connectivity index (χ1v) is 10.3. The van der Waals surface area contributed by atoms with Gasteiger partial charge in [-0.2, -0.15) is 0 Å². The van der Waals surface area contributed by atoms with Gasteiger partial charge in [-0.25, -0.2) is 4.68 Å². The van der Waals surface area contributed by atoms with Crippen LogP contribution in [-0.2, 0) is 11.4 Å². The highest BCUT2D eigenvalue weighted by Crippen LogP contribution is 2.21. The lowest BCUT2D eigenvalue weighted by Gasteiger charge is -2.14. The molecule has 0 bridgehead atoms. The third-order valence-electron chi connectivity index (χ3n) is 4.43. The molecule has 152 valence electrons. The summed E-state index contributed by atoms with van der Waals surface area (Å²) in [4.78, 5) is 12.2. The zero-order valence-electron chi connectivity index (χ0n) is 16.8. The molecule has 1 atom stereocenters. The molecule has 0 fully saturated rings. The molecule has 0 aliphatic heterocycles. The van der Waals surface area contributed by atoms with Crippen molar-refractivity contribution in [3.05, 3.63) is 71.0 Å². The Morgan fingerprint density at radius 3 is 2.69 bits per heavy atom. The number of amides is 1. The molecular formula is C21H25N5O2S. The van der Waals surface area contributed by atoms with Gasteiger partial charge in [-0.05, 0) is 38.0 Å². The first kappa shape index (κ1) is 20.7. The topological polar surface area (TPSA) is 95.1 Å². The van der Waals surface area contributed by atoms with Gasteiger partial charge in [0.05, 0.1) is 11.8 Å². The fourth-order valence-corrected chi connectivity index (χ4v) is 3.53. The zero-order valence-corrected chi connectivity index (χ0v) is 17.6. The average Bonchev–Trinajstić information content (AvgIpc) is 3.06. The van der Waals surface area contributed by atoms with E-state index < -0.39 is 0 Å². The van der Waals surface area contributed by atoms with Gasteiger partial charge in [-0.15, -0.1) is 10.2 Å². The molecule has 29 heavy (non-hydrogen) atoms. The number of benzene rings is 2. The van der Waals surface area contributed by atoms with Crippen LogP contribution in [0, 0.1) is 13.8 Å². The van der Waals surface area contributed by atoms with Gasteiger partial charge in [0.2, 0.25) is 11.1 Å². The molecule has 8 heteroatoms. The van der Waals surface area contributed by atoms with E-state index in [2.05, 4.69) is 21.6 Å². The average molecular weight is 412 g/mol. The van der Waals surface area contributed by atoms with Gasteiger partial charge >= 0.3 is 0 Å². The summed E-state index contributed by atoms with van der Waals surface area (Å²) in [6, 6.07) is 15.7. The number of aryl methyl sites for hydroxylation is 2. The highest BCUT2D eigenvalue weighted by molar-refractivity contribution is 7.99. The van der Waals surface area contributed by atoms with Crippen molar-refractivity contribution in [2.24, 2.45) is 0 Å². The fourth-order valence-electron chi connectivity index (χ4n) is 2.85. The van der Waals surface area contributed by atoms with Crippen LogP contribution < -0.4 is 15.9 Å². The van der Waals surface area contributed by atoms with E-state index in [-0.39, 0.29) is 24.3 Å². The molecule has 3 N–H and O–H groups in total. The number of nitrogens with one attached hydrogen (secondary N) is 1. The second-order valence-electron chi connectivity index (χ2n) is 6.81. The molecule has 0 saturated carbocycles. The molecular weight excluding hydrogens is 386 g/mol. The maximum absolute atomic E-state index is 12.2. The van der Waals surface area contributed by atoms with Crippen molar-refractivity contribution >= 4 is 17.7 Å². The summed E-state index contributed by atoms with van der Waals surface area (Å²) in [7, 11) is 0. The lowest BCUT2D eigenvalue weighted by molar-refractivity contribution is -0.119. The molecule has 3 aromatic rings. The van der Waals surface area contributed by atoms with Crippen LogP contribution in [-0.4, -0.2) is 26.5 Å². The summed E-state index contributed by atoms with van der Waals surface area (Å²) in [6.45, 7) is 6.18. The molecule has 1 aromatic heterocycles. The van der Waals surface area contributed by atoms with Crippen molar-refractivity contribution in [3.8, 4) is 5.75 Å². The summed E-state index contributed by atoms with van der Waals surface area (Å²) in [6.07, 6.45) is 0. The van der Waals surface area contributed by atoms with Gasteiger partial charge < -0.3 is 15.9 Å². The van der Waals surface area contributed by atoms with E-state index in [4.69, 9.17) is 10.6 Å². The summed E-state index contributed by atoms with van der Waals surface area (Å²) in [5, 5.41) is 11.6. The normalized spacial score (nSPS) is 11.8. The number of nitrogens with two attached hydrogens (primary N) is 1. The molecule has 0 aliphatic rings. The Labute approximate surface area is 174 Å². The predicted molar refractivity (Wildman–Crippen MR) is 114 cm³/mol. The van der Waals surface area contributed by atoms with Crippen LogP contribution in [0.2, 0.25) is 0 Å². The summed E-state index contributed by atoms with van der Waals surface area (Å²) < 4.78 is 7.17. The number of nitrogen functional groups attached to an aromatic ring is 1. The van der Waals surface area contributed by atoms with Crippen LogP contribution in [0.15, 0.2) is 53.7 Å². The number of carbonyl (C=O) groups excluding carboxylic acids is 1. The van der Waals surface area contributed by atoms with Gasteiger partial charge in [0.1, 0.15) is 12.4 Å². The number of carbonyl (C=O) groups is 1. The minimum absolute atomic E-state index is 0.0678. The van der Waals surface area contributed by atoms with E-state index in [9.17, 15) is 4.79 Å². The molecule has 0 aliphatic carbocycles. The number of hydrogen-bond acceptors (Lipinski definition) is 6. The molecule has 1 amide bonds. The van der Waals surface area contributed by atoms with Crippen molar-refractivity contribution in [3.63, 3.8) is 0 Å². The van der Waals surface area contributed by atoms with Crippen molar-refractivity contribution < 1.29 is 9.53 Å². The number of thioether (sulfide) groups is 1. The Morgan fingerprint density at radius 2 is 1.97 bits per heavy atom. The van der Waals surface area contributed by atoms with Gasteiger partial charge in [0.25, 0.3) is 0 Å². The predicted octanol–water partition coefficient (Wildman–Crippen LogP) is 3.16. The molecule has 0 unspecified atom stereocenters. The Hall–Kier alpha value is -3.00. The highest BCUT2D eigenvalue weighted by Gasteiger charge is 2.15. The SMILES string of the molecule is Cc1ccc(OCc2nnc(SCC(=O)N[C@@H](C)c3ccccc3)n2N)c(C)c1. The number of ether oxygens (including phenoxy) is 1. The van der Waals surface area contributed by atoms with E-state index in [1.54, 1.807) is 0 Å². The van der Waals surface area contributed by atoms with Crippen LogP contribution in [0.5, 0.6) is 5.75 Å². The molecule has 1 heterocycles. The van der Waals surface area contributed by atoms with E-state index in [0.717, 1.165) is 16.9 Å². The fraction of sp³-hybridized carbons (Fsp3) is 0.286. The summed E-state index contributed by atoms with van der Waals surface area (Å²) >= 11 is 1.24. The number of aromatic nitrogens is 3. The molecule has 7 nitrogen and oxygen atoms in total. The van der Waals surface area contributed by atoms with Crippen LogP contribution in [0.25, 0.3) is 0 Å². The second-order valence-corrected chi connectivity index (χ2v) is 7.76. The van der Waals surface area contributed by atoms with Gasteiger partial charge in [0, 0.05) is 0 Å². The third-order valence-corrected chi connectivity index (χ3v) is 5.37. The van der Waals surface area contributed by atoms with E-state index in [0.29, 0.717) is 11.0 Å². The Kier molecular flexibility index (Phi) is 6.77. The smallest absolute Gasteiger partial charge is 0.230 e. The number of rotatable bonds is 8. The maximum atomic E-state index is 12.2. The second kappa shape index (κ2) is 9.47. The summed E-state index contributed by atoms with van der Waals surface area (Å²) in [5.41, 5.74) is 3.28. The lowest BCUT2D eigenvalue weighted by Crippen LogP contribution is -2.28. The first-order valence-electron chi connectivity index (χ1n) is 9.30. The standard InChI is InChI=1S/C21H25N5O2S/c1-14-9-10-18(15(2)11-14)28-12-19-24-25-21(26(19)22)29-13-20(27)23-16(3)17-7-5-4-6-8-17/h4-11,16H,12-13,22H2,1-3H3,(H,23,27)/t16-/m0/s1. The Balaban J connectivity index is 1.52.